The fourth-order valence-electron chi connectivity index (χ4n) is 1.90. The lowest BCUT2D eigenvalue weighted by Gasteiger charge is -2.13. The predicted molar refractivity (Wildman–Crippen MR) is 80.5 cm³/mol. The number of nitrogen functional groups attached to an aromatic ring is 1. The van der Waals surface area contributed by atoms with Gasteiger partial charge in [-0.15, -0.1) is 0 Å². The van der Waals surface area contributed by atoms with Crippen molar-refractivity contribution in [3.8, 4) is 0 Å². The van der Waals surface area contributed by atoms with E-state index in [0.717, 1.165) is 5.56 Å². The van der Waals surface area contributed by atoms with Crippen LogP contribution in [0.25, 0.3) is 0 Å². The molecule has 0 aliphatic heterocycles. The first-order valence-corrected chi connectivity index (χ1v) is 6.82. The Kier molecular flexibility index (Phi) is 4.81. The van der Waals surface area contributed by atoms with Crippen molar-refractivity contribution in [2.24, 2.45) is 0 Å². The molecule has 0 spiro atoms. The first-order chi connectivity index (χ1) is 9.99. The molecule has 21 heavy (non-hydrogen) atoms. The van der Waals surface area contributed by atoms with Gasteiger partial charge in [0.15, 0.2) is 0 Å². The number of esters is 1. The standard InChI is InChI=1S/C16H15ClFNO2/c1-10(11-4-2-6-13(19)8-11)16(20)21-9-12-5-3-7-14(18)15(12)17/h2-8,10H,9,19H2,1H3. The molecule has 0 radical (unpaired) electrons. The van der Waals surface area contributed by atoms with Gasteiger partial charge in [-0.2, -0.15) is 0 Å². The lowest BCUT2D eigenvalue weighted by Crippen LogP contribution is -2.13. The Labute approximate surface area is 127 Å². The largest absolute Gasteiger partial charge is 0.460 e. The van der Waals surface area contributed by atoms with Crippen molar-refractivity contribution in [3.05, 3.63) is 64.4 Å². The molecule has 2 N–H and O–H groups in total. The molecule has 3 nitrogen and oxygen atoms in total. The number of hydrogen-bond acceptors (Lipinski definition) is 3. The molecule has 0 aliphatic rings. The highest BCUT2D eigenvalue weighted by atomic mass is 35.5. The van der Waals surface area contributed by atoms with Crippen LogP contribution in [-0.2, 0) is 16.1 Å². The van der Waals surface area contributed by atoms with Crippen LogP contribution in [0.2, 0.25) is 5.02 Å². The van der Waals surface area contributed by atoms with Gasteiger partial charge in [-0.1, -0.05) is 35.9 Å². The smallest absolute Gasteiger partial charge is 0.313 e. The summed E-state index contributed by atoms with van der Waals surface area (Å²) in [5.74, 6) is -1.41. The third-order valence-corrected chi connectivity index (χ3v) is 3.59. The molecule has 0 amide bonds. The van der Waals surface area contributed by atoms with Crippen LogP contribution in [0.3, 0.4) is 0 Å². The minimum absolute atomic E-state index is 0.0260. The second kappa shape index (κ2) is 6.59. The maximum Gasteiger partial charge on any atom is 0.313 e. The fraction of sp³-hybridized carbons (Fsp3) is 0.188. The molecule has 110 valence electrons. The summed E-state index contributed by atoms with van der Waals surface area (Å²) < 4.78 is 18.5. The molecule has 0 aliphatic carbocycles. The second-order valence-corrected chi connectivity index (χ2v) is 5.09. The van der Waals surface area contributed by atoms with Crippen LogP contribution in [-0.4, -0.2) is 5.97 Å². The molecule has 5 heteroatoms. The lowest BCUT2D eigenvalue weighted by molar-refractivity contribution is -0.146. The molecule has 0 saturated heterocycles. The lowest BCUT2D eigenvalue weighted by atomic mass is 10.0. The van der Waals surface area contributed by atoms with Crippen molar-refractivity contribution in [2.75, 3.05) is 5.73 Å². The van der Waals surface area contributed by atoms with Gasteiger partial charge in [0.25, 0.3) is 0 Å². The van der Waals surface area contributed by atoms with Gasteiger partial charge in [-0.3, -0.25) is 4.79 Å². The van der Waals surface area contributed by atoms with Crippen LogP contribution in [0.4, 0.5) is 10.1 Å². The summed E-state index contributed by atoms with van der Waals surface area (Å²) >= 11 is 5.81. The highest BCUT2D eigenvalue weighted by molar-refractivity contribution is 6.31. The first-order valence-electron chi connectivity index (χ1n) is 6.44. The third-order valence-electron chi connectivity index (χ3n) is 3.17. The Morgan fingerprint density at radius 2 is 2.05 bits per heavy atom. The fourth-order valence-corrected chi connectivity index (χ4v) is 2.08. The zero-order valence-electron chi connectivity index (χ0n) is 11.5. The Balaban J connectivity index is 2.03. The number of carbonyl (C=O) groups is 1. The number of carbonyl (C=O) groups excluding carboxylic acids is 1. The normalized spacial score (nSPS) is 12.0. The maximum absolute atomic E-state index is 13.3. The second-order valence-electron chi connectivity index (χ2n) is 4.71. The Morgan fingerprint density at radius 1 is 1.33 bits per heavy atom. The molecule has 0 bridgehead atoms. The average molecular weight is 308 g/mol. The van der Waals surface area contributed by atoms with E-state index in [0.29, 0.717) is 11.3 Å². The maximum atomic E-state index is 13.3. The number of rotatable bonds is 4. The van der Waals surface area contributed by atoms with Crippen molar-refractivity contribution in [1.82, 2.24) is 0 Å². The van der Waals surface area contributed by atoms with E-state index in [9.17, 15) is 9.18 Å². The average Bonchev–Trinajstić information content (AvgIpc) is 2.47. The van der Waals surface area contributed by atoms with E-state index in [-0.39, 0.29) is 11.6 Å². The van der Waals surface area contributed by atoms with E-state index in [2.05, 4.69) is 0 Å². The molecule has 1 atom stereocenters. The predicted octanol–water partition coefficient (Wildman–Crippen LogP) is 3.91. The molecule has 2 rings (SSSR count). The van der Waals surface area contributed by atoms with Gasteiger partial charge in [0.2, 0.25) is 0 Å². The Morgan fingerprint density at radius 3 is 2.76 bits per heavy atom. The topological polar surface area (TPSA) is 52.3 Å². The Bertz CT molecular complexity index is 660. The van der Waals surface area contributed by atoms with E-state index < -0.39 is 17.7 Å². The van der Waals surface area contributed by atoms with E-state index in [1.54, 1.807) is 37.3 Å². The van der Waals surface area contributed by atoms with Crippen molar-refractivity contribution >= 4 is 23.3 Å². The Hall–Kier alpha value is -2.07. The van der Waals surface area contributed by atoms with Crippen molar-refractivity contribution < 1.29 is 13.9 Å². The highest BCUT2D eigenvalue weighted by Crippen LogP contribution is 2.23. The molecular weight excluding hydrogens is 293 g/mol. The number of anilines is 1. The van der Waals surface area contributed by atoms with E-state index >= 15 is 0 Å². The van der Waals surface area contributed by atoms with Crippen molar-refractivity contribution in [2.45, 2.75) is 19.4 Å². The first kappa shape index (κ1) is 15.3. The van der Waals surface area contributed by atoms with Crippen LogP contribution in [0.1, 0.15) is 24.0 Å². The molecule has 2 aromatic carbocycles. The minimum Gasteiger partial charge on any atom is -0.460 e. The zero-order valence-corrected chi connectivity index (χ0v) is 12.2. The molecular formula is C16H15ClFNO2. The molecule has 0 heterocycles. The SMILES string of the molecule is CC(C(=O)OCc1cccc(F)c1Cl)c1cccc(N)c1. The van der Waals surface area contributed by atoms with Gasteiger partial charge < -0.3 is 10.5 Å². The van der Waals surface area contributed by atoms with Gasteiger partial charge in [0.1, 0.15) is 12.4 Å². The van der Waals surface area contributed by atoms with E-state index in [1.807, 2.05) is 0 Å². The van der Waals surface area contributed by atoms with Crippen molar-refractivity contribution in [3.63, 3.8) is 0 Å². The summed E-state index contributed by atoms with van der Waals surface area (Å²) in [5.41, 5.74) is 7.47. The van der Waals surface area contributed by atoms with Gasteiger partial charge in [-0.05, 0) is 30.7 Å². The van der Waals surface area contributed by atoms with Gasteiger partial charge in [0, 0.05) is 11.3 Å². The zero-order chi connectivity index (χ0) is 15.4. The van der Waals surface area contributed by atoms with E-state index in [1.165, 1.54) is 12.1 Å². The third kappa shape index (κ3) is 3.73. The summed E-state index contributed by atoms with van der Waals surface area (Å²) in [6.07, 6.45) is 0. The van der Waals surface area contributed by atoms with Gasteiger partial charge in [-0.25, -0.2) is 4.39 Å². The molecule has 0 aromatic heterocycles. The minimum atomic E-state index is -0.533. The monoisotopic (exact) mass is 307 g/mol. The molecule has 2 aromatic rings. The summed E-state index contributed by atoms with van der Waals surface area (Å²) in [4.78, 5) is 12.0. The van der Waals surface area contributed by atoms with Crippen LogP contribution >= 0.6 is 11.6 Å². The summed E-state index contributed by atoms with van der Waals surface area (Å²) in [7, 11) is 0. The molecule has 0 saturated carbocycles. The van der Waals surface area contributed by atoms with Gasteiger partial charge >= 0.3 is 5.97 Å². The quantitative estimate of drug-likeness (QED) is 0.688. The summed E-state index contributed by atoms with van der Waals surface area (Å²) in [6.45, 7) is 1.66. The number of halogens is 2. The summed E-state index contributed by atoms with van der Waals surface area (Å²) in [5, 5.41) is -0.0260. The van der Waals surface area contributed by atoms with E-state index in [4.69, 9.17) is 22.1 Å². The van der Waals surface area contributed by atoms with Crippen LogP contribution in [0.15, 0.2) is 42.5 Å². The van der Waals surface area contributed by atoms with Crippen molar-refractivity contribution in [1.29, 1.82) is 0 Å². The highest BCUT2D eigenvalue weighted by Gasteiger charge is 2.17. The number of nitrogens with two attached hydrogens (primary N) is 1. The van der Waals surface area contributed by atoms with Gasteiger partial charge in [0.05, 0.1) is 10.9 Å². The molecule has 0 fully saturated rings. The molecule has 1 unspecified atom stereocenters. The number of hydrogen-bond donors (Lipinski definition) is 1. The summed E-state index contributed by atoms with van der Waals surface area (Å²) in [6, 6.07) is 11.4. The van der Waals surface area contributed by atoms with Crippen LogP contribution in [0, 0.1) is 5.82 Å². The number of ether oxygens (including phenoxy) is 1. The van der Waals surface area contributed by atoms with Crippen LogP contribution in [0.5, 0.6) is 0 Å². The van der Waals surface area contributed by atoms with Crippen LogP contribution < -0.4 is 5.73 Å². The number of benzene rings is 2.